The number of amides is 2. The fourth-order valence-corrected chi connectivity index (χ4v) is 7.31. The smallest absolute Gasteiger partial charge is 0.355 e. The summed E-state index contributed by atoms with van der Waals surface area (Å²) < 4.78 is 14.4. The number of rotatable bonds is 9. The van der Waals surface area contributed by atoms with E-state index in [1.54, 1.807) is 36.4 Å². The SMILES string of the molecule is CO/N=C(\C(=O)N[C@@H]1C(=O)N2C(C(=O)OCc3ccc(OC)cc3)=C(C3C=CCn4c(=O)n(C)c(=O)n43)CS[C@H]12)c1csc(N)n1. The number of carbonyl (C=O) groups is 3. The van der Waals surface area contributed by atoms with Crippen LogP contribution in [-0.2, 0) is 44.2 Å². The van der Waals surface area contributed by atoms with Crippen LogP contribution < -0.4 is 27.2 Å². The zero-order valence-electron chi connectivity index (χ0n) is 24.7. The molecule has 16 nitrogen and oxygen atoms in total. The van der Waals surface area contributed by atoms with Crippen LogP contribution in [0.5, 0.6) is 5.75 Å². The minimum Gasteiger partial charge on any atom is -0.497 e. The molecule has 2 amide bonds. The lowest BCUT2D eigenvalue weighted by molar-refractivity contribution is -0.153. The first kappa shape index (κ1) is 30.9. The summed E-state index contributed by atoms with van der Waals surface area (Å²) in [6, 6.07) is 5.06. The minimum atomic E-state index is -1.03. The van der Waals surface area contributed by atoms with Gasteiger partial charge in [-0.05, 0) is 23.3 Å². The number of hydrogen-bond acceptors (Lipinski definition) is 13. The largest absolute Gasteiger partial charge is 0.497 e. The van der Waals surface area contributed by atoms with Crippen LogP contribution in [0.25, 0.3) is 0 Å². The van der Waals surface area contributed by atoms with E-state index in [2.05, 4.69) is 15.5 Å². The molecule has 2 aromatic heterocycles. The first-order chi connectivity index (χ1) is 22.1. The Labute approximate surface area is 268 Å². The number of esters is 1. The van der Waals surface area contributed by atoms with Gasteiger partial charge in [0, 0.05) is 18.2 Å². The molecule has 1 fully saturated rings. The Balaban J connectivity index is 1.32. The van der Waals surface area contributed by atoms with Crippen molar-refractivity contribution in [3.8, 4) is 5.75 Å². The van der Waals surface area contributed by atoms with Crippen LogP contribution in [0.15, 0.2) is 67.8 Å². The third-order valence-corrected chi connectivity index (χ3v) is 9.61. The molecule has 3 atom stereocenters. The maximum Gasteiger partial charge on any atom is 0.355 e. The Morgan fingerprint density at radius 1 is 1.15 bits per heavy atom. The number of fused-ring (bicyclic) bond motifs is 2. The monoisotopic (exact) mass is 668 g/mol. The van der Waals surface area contributed by atoms with Gasteiger partial charge in [-0.3, -0.25) is 14.5 Å². The predicted octanol–water partition coefficient (Wildman–Crippen LogP) is -0.0452. The highest BCUT2D eigenvalue weighted by Gasteiger charge is 2.55. The van der Waals surface area contributed by atoms with E-state index in [-0.39, 0.29) is 41.1 Å². The van der Waals surface area contributed by atoms with E-state index >= 15 is 0 Å². The Kier molecular flexibility index (Phi) is 8.30. The van der Waals surface area contributed by atoms with Gasteiger partial charge < -0.3 is 25.4 Å². The Hall–Kier alpha value is -5.10. The lowest BCUT2D eigenvalue weighted by Gasteiger charge is -2.50. The van der Waals surface area contributed by atoms with Crippen LogP contribution in [0.4, 0.5) is 5.13 Å². The number of allylic oxidation sites excluding steroid dienone is 2. The average Bonchev–Trinajstić information content (AvgIpc) is 3.60. The van der Waals surface area contributed by atoms with E-state index in [0.29, 0.717) is 16.9 Å². The number of nitrogen functional groups attached to an aromatic ring is 1. The molecule has 240 valence electrons. The summed E-state index contributed by atoms with van der Waals surface area (Å²) in [4.78, 5) is 76.8. The van der Waals surface area contributed by atoms with Crippen LogP contribution >= 0.6 is 23.1 Å². The first-order valence-electron chi connectivity index (χ1n) is 13.8. The number of ether oxygens (including phenoxy) is 2. The number of carbonyl (C=O) groups excluding carboxylic acids is 3. The molecule has 6 rings (SSSR count). The van der Waals surface area contributed by atoms with Crippen LogP contribution in [-0.4, -0.2) is 78.7 Å². The standard InChI is InChI=1S/C28H28N8O8S2/c1-33-27(40)34-10-4-5-18(36(34)28(33)41)16-12-45-24-20(31-22(37)19(32-43-3)17-13-46-26(29)30-17)23(38)35(24)21(16)25(39)44-11-14-6-8-15(42-2)9-7-14/h4-9,13,18,20,24H,10-12H2,1-3H3,(H2,29,30)(H,31,37)/b32-19-/t18?,20-,24-/m1/s1. The summed E-state index contributed by atoms with van der Waals surface area (Å²) in [6.07, 6.45) is 3.43. The second-order valence-corrected chi connectivity index (χ2v) is 12.3. The van der Waals surface area contributed by atoms with E-state index in [0.717, 1.165) is 15.9 Å². The lowest BCUT2D eigenvalue weighted by atomic mass is 9.98. The van der Waals surface area contributed by atoms with Gasteiger partial charge in [0.25, 0.3) is 11.8 Å². The third-order valence-electron chi connectivity index (χ3n) is 7.64. The highest BCUT2D eigenvalue weighted by molar-refractivity contribution is 8.00. The maximum absolute atomic E-state index is 13.8. The summed E-state index contributed by atoms with van der Waals surface area (Å²) in [5, 5.41) is 7.51. The molecule has 0 spiro atoms. The third kappa shape index (κ3) is 5.28. The number of hydrogen-bond donors (Lipinski definition) is 2. The molecule has 0 bridgehead atoms. The Bertz CT molecular complexity index is 1940. The molecule has 3 aromatic rings. The fraction of sp³-hybridized carbons (Fsp3) is 0.321. The summed E-state index contributed by atoms with van der Waals surface area (Å²) in [5.74, 6) is -1.29. The average molecular weight is 669 g/mol. The van der Waals surface area contributed by atoms with Crippen molar-refractivity contribution in [2.24, 2.45) is 12.2 Å². The second-order valence-electron chi connectivity index (χ2n) is 10.3. The number of benzene rings is 1. The molecule has 1 saturated heterocycles. The predicted molar refractivity (Wildman–Crippen MR) is 167 cm³/mol. The van der Waals surface area contributed by atoms with Crippen molar-refractivity contribution in [2.75, 3.05) is 25.7 Å². The summed E-state index contributed by atoms with van der Waals surface area (Å²) in [7, 11) is 4.18. The number of β-lactam (4-membered cyclic amide) rings is 1. The van der Waals surface area contributed by atoms with Crippen molar-refractivity contribution in [3.05, 3.63) is 85.3 Å². The number of anilines is 1. The van der Waals surface area contributed by atoms with E-state index in [4.69, 9.17) is 20.0 Å². The number of methoxy groups -OCH3 is 1. The molecule has 0 aliphatic carbocycles. The van der Waals surface area contributed by atoms with Crippen LogP contribution in [0.3, 0.4) is 0 Å². The molecule has 5 heterocycles. The number of oxime groups is 1. The maximum atomic E-state index is 13.8. The quantitative estimate of drug-likeness (QED) is 0.102. The van der Waals surface area contributed by atoms with Crippen LogP contribution in [0.2, 0.25) is 0 Å². The lowest BCUT2D eigenvalue weighted by Crippen LogP contribution is -2.71. The summed E-state index contributed by atoms with van der Waals surface area (Å²) in [5.41, 5.74) is 5.65. The van der Waals surface area contributed by atoms with Gasteiger partial charge in [0.1, 0.15) is 42.3 Å². The number of nitrogens with zero attached hydrogens (tertiary/aromatic N) is 6. The number of nitrogens with one attached hydrogen (secondary N) is 1. The van der Waals surface area contributed by atoms with Gasteiger partial charge in [-0.15, -0.1) is 23.1 Å². The van der Waals surface area contributed by atoms with Gasteiger partial charge >= 0.3 is 17.3 Å². The molecule has 18 heteroatoms. The summed E-state index contributed by atoms with van der Waals surface area (Å²) >= 11 is 2.40. The number of thioether (sulfide) groups is 1. The van der Waals surface area contributed by atoms with Crippen molar-refractivity contribution in [2.45, 2.75) is 30.6 Å². The van der Waals surface area contributed by atoms with Gasteiger partial charge in [0.05, 0.1) is 19.7 Å². The molecule has 0 saturated carbocycles. The zero-order valence-corrected chi connectivity index (χ0v) is 26.4. The van der Waals surface area contributed by atoms with E-state index < -0.39 is 46.6 Å². The van der Waals surface area contributed by atoms with Crippen LogP contribution in [0.1, 0.15) is 17.3 Å². The van der Waals surface area contributed by atoms with Crippen molar-refractivity contribution in [1.82, 2.24) is 29.1 Å². The highest BCUT2D eigenvalue weighted by atomic mass is 32.2. The van der Waals surface area contributed by atoms with Crippen molar-refractivity contribution in [3.63, 3.8) is 0 Å². The zero-order chi connectivity index (χ0) is 32.7. The molecule has 3 aliphatic heterocycles. The van der Waals surface area contributed by atoms with Crippen molar-refractivity contribution in [1.29, 1.82) is 0 Å². The second kappa shape index (κ2) is 12.4. The van der Waals surface area contributed by atoms with Gasteiger partial charge in [-0.1, -0.05) is 29.4 Å². The van der Waals surface area contributed by atoms with Gasteiger partial charge in [-0.2, -0.15) is 0 Å². The number of aromatic nitrogens is 4. The van der Waals surface area contributed by atoms with Crippen molar-refractivity contribution < 1.29 is 28.7 Å². The topological polar surface area (TPSA) is 194 Å². The highest BCUT2D eigenvalue weighted by Crippen LogP contribution is 2.44. The number of thiazole rings is 1. The first-order valence-corrected chi connectivity index (χ1v) is 15.7. The van der Waals surface area contributed by atoms with E-state index in [1.807, 2.05) is 0 Å². The minimum absolute atomic E-state index is 0.0582. The molecular formula is C28H28N8O8S2. The molecule has 46 heavy (non-hydrogen) atoms. The van der Waals surface area contributed by atoms with Gasteiger partial charge in [-0.25, -0.2) is 33.3 Å². The molecular weight excluding hydrogens is 640 g/mol. The number of nitrogens with two attached hydrogens (primary N) is 1. The molecule has 3 aliphatic rings. The Morgan fingerprint density at radius 2 is 1.91 bits per heavy atom. The van der Waals surface area contributed by atoms with Crippen LogP contribution in [0, 0.1) is 0 Å². The van der Waals surface area contributed by atoms with Crippen molar-refractivity contribution >= 4 is 51.7 Å². The fourth-order valence-electron chi connectivity index (χ4n) is 5.37. The molecule has 1 aromatic carbocycles. The molecule has 0 radical (unpaired) electrons. The summed E-state index contributed by atoms with van der Waals surface area (Å²) in [6.45, 7) is 0.0577. The molecule has 1 unspecified atom stereocenters. The normalized spacial score (nSPS) is 20.5. The van der Waals surface area contributed by atoms with Gasteiger partial charge in [0.15, 0.2) is 10.8 Å². The van der Waals surface area contributed by atoms with E-state index in [1.165, 1.54) is 52.7 Å². The molecule has 3 N–H and O–H groups in total. The Morgan fingerprint density at radius 3 is 2.59 bits per heavy atom. The van der Waals surface area contributed by atoms with E-state index in [9.17, 15) is 24.0 Å². The van der Waals surface area contributed by atoms with Gasteiger partial charge in [0.2, 0.25) is 0 Å².